The maximum absolute atomic E-state index is 12.1. The molecule has 0 aliphatic rings. The number of aromatic amines is 1. The molecule has 2 aromatic rings. The number of hydrogen-bond donors (Lipinski definition) is 2. The van der Waals surface area contributed by atoms with Gasteiger partial charge in [0.2, 0.25) is 0 Å². The van der Waals surface area contributed by atoms with Crippen molar-refractivity contribution in [2.45, 2.75) is 26.4 Å². The molecule has 20 heavy (non-hydrogen) atoms. The maximum Gasteiger partial charge on any atom is 0.341 e. The minimum Gasteiger partial charge on any atom is -0.449 e. The first-order valence-corrected chi connectivity index (χ1v) is 6.68. The lowest BCUT2D eigenvalue weighted by molar-refractivity contribution is -0.129. The first-order chi connectivity index (χ1) is 9.63. The highest BCUT2D eigenvalue weighted by atomic mass is 16.5. The Labute approximate surface area is 117 Å². The Morgan fingerprint density at radius 1 is 1.35 bits per heavy atom. The van der Waals surface area contributed by atoms with Crippen LogP contribution in [0.2, 0.25) is 0 Å². The van der Waals surface area contributed by atoms with E-state index in [0.29, 0.717) is 12.1 Å². The number of carbonyl (C=O) groups is 2. The fraction of sp³-hybridized carbons (Fsp3) is 0.333. The van der Waals surface area contributed by atoms with Crippen LogP contribution in [0, 0.1) is 0 Å². The molecule has 1 aromatic carbocycles. The second kappa shape index (κ2) is 6.23. The van der Waals surface area contributed by atoms with Crippen molar-refractivity contribution in [3.8, 4) is 0 Å². The summed E-state index contributed by atoms with van der Waals surface area (Å²) in [7, 11) is 0. The summed E-state index contributed by atoms with van der Waals surface area (Å²) in [6.45, 7) is 4.11. The van der Waals surface area contributed by atoms with E-state index in [9.17, 15) is 9.59 Å². The predicted octanol–water partition coefficient (Wildman–Crippen LogP) is 2.24. The van der Waals surface area contributed by atoms with E-state index in [4.69, 9.17) is 4.74 Å². The highest BCUT2D eigenvalue weighted by molar-refractivity contribution is 6.04. The third kappa shape index (κ3) is 2.99. The van der Waals surface area contributed by atoms with Crippen molar-refractivity contribution >= 4 is 22.8 Å². The quantitative estimate of drug-likeness (QED) is 0.821. The largest absolute Gasteiger partial charge is 0.449 e. The molecule has 0 aliphatic heterocycles. The maximum atomic E-state index is 12.1. The van der Waals surface area contributed by atoms with Crippen LogP contribution in [0.4, 0.5) is 0 Å². The predicted molar refractivity (Wildman–Crippen MR) is 76.5 cm³/mol. The number of nitrogens with one attached hydrogen (secondary N) is 2. The third-order valence-electron chi connectivity index (χ3n) is 3.01. The van der Waals surface area contributed by atoms with E-state index in [2.05, 4.69) is 10.3 Å². The molecule has 1 atom stereocenters. The van der Waals surface area contributed by atoms with Crippen molar-refractivity contribution in [3.63, 3.8) is 0 Å². The van der Waals surface area contributed by atoms with E-state index in [1.165, 1.54) is 0 Å². The van der Waals surface area contributed by atoms with Gasteiger partial charge in [-0.05, 0) is 19.4 Å². The molecule has 0 saturated heterocycles. The Morgan fingerprint density at radius 3 is 2.85 bits per heavy atom. The van der Waals surface area contributed by atoms with Gasteiger partial charge in [-0.15, -0.1) is 0 Å². The van der Waals surface area contributed by atoms with Gasteiger partial charge in [0, 0.05) is 23.6 Å². The Kier molecular flexibility index (Phi) is 4.40. The highest BCUT2D eigenvalue weighted by Gasteiger charge is 2.20. The van der Waals surface area contributed by atoms with E-state index >= 15 is 0 Å². The second-order valence-corrected chi connectivity index (χ2v) is 4.59. The number of rotatable bonds is 5. The van der Waals surface area contributed by atoms with Gasteiger partial charge in [-0.3, -0.25) is 4.79 Å². The van der Waals surface area contributed by atoms with E-state index in [0.717, 1.165) is 17.3 Å². The molecule has 5 heteroatoms. The normalized spacial score (nSPS) is 12.1. The molecule has 0 spiro atoms. The summed E-state index contributed by atoms with van der Waals surface area (Å²) >= 11 is 0. The molecule has 2 rings (SSSR count). The molecule has 0 unspecified atom stereocenters. The fourth-order valence-corrected chi connectivity index (χ4v) is 1.91. The van der Waals surface area contributed by atoms with Crippen LogP contribution in [0.1, 0.15) is 30.6 Å². The average Bonchev–Trinajstić information content (AvgIpc) is 2.88. The zero-order chi connectivity index (χ0) is 14.5. The molecule has 0 bridgehead atoms. The summed E-state index contributed by atoms with van der Waals surface area (Å²) in [6, 6.07) is 7.45. The Balaban J connectivity index is 2.06. The minimum absolute atomic E-state index is 0.278. The van der Waals surface area contributed by atoms with Crippen LogP contribution in [0.5, 0.6) is 0 Å². The average molecular weight is 274 g/mol. The van der Waals surface area contributed by atoms with Crippen LogP contribution in [0.15, 0.2) is 30.5 Å². The van der Waals surface area contributed by atoms with Crippen LogP contribution in [0.3, 0.4) is 0 Å². The molecular formula is C15H18N2O3. The number of H-pyrrole nitrogens is 1. The first kappa shape index (κ1) is 14.1. The SMILES string of the molecule is CCCNC(=O)[C@@H](C)OC(=O)c1c[nH]c2ccccc12. The van der Waals surface area contributed by atoms with Gasteiger partial charge in [-0.25, -0.2) is 4.79 Å². The van der Waals surface area contributed by atoms with Crippen LogP contribution in [0.25, 0.3) is 10.9 Å². The van der Waals surface area contributed by atoms with E-state index in [1.807, 2.05) is 31.2 Å². The van der Waals surface area contributed by atoms with Gasteiger partial charge in [0.05, 0.1) is 5.56 Å². The van der Waals surface area contributed by atoms with Crippen molar-refractivity contribution < 1.29 is 14.3 Å². The van der Waals surface area contributed by atoms with Gasteiger partial charge in [0.25, 0.3) is 5.91 Å². The summed E-state index contributed by atoms with van der Waals surface area (Å²) < 4.78 is 5.19. The molecule has 2 N–H and O–H groups in total. The highest BCUT2D eigenvalue weighted by Crippen LogP contribution is 2.18. The first-order valence-electron chi connectivity index (χ1n) is 6.68. The molecule has 106 valence electrons. The monoisotopic (exact) mass is 274 g/mol. The molecule has 0 saturated carbocycles. The number of fused-ring (bicyclic) bond motifs is 1. The molecule has 0 radical (unpaired) electrons. The van der Waals surface area contributed by atoms with Crippen molar-refractivity contribution in [3.05, 3.63) is 36.0 Å². The van der Waals surface area contributed by atoms with Gasteiger partial charge < -0.3 is 15.0 Å². The zero-order valence-corrected chi connectivity index (χ0v) is 11.6. The topological polar surface area (TPSA) is 71.2 Å². The number of aromatic nitrogens is 1. The Bertz CT molecular complexity index is 618. The van der Waals surface area contributed by atoms with Crippen molar-refractivity contribution in [2.24, 2.45) is 0 Å². The van der Waals surface area contributed by atoms with Gasteiger partial charge in [-0.2, -0.15) is 0 Å². The number of carbonyl (C=O) groups excluding carboxylic acids is 2. The van der Waals surface area contributed by atoms with Crippen LogP contribution in [-0.2, 0) is 9.53 Å². The molecule has 0 aliphatic carbocycles. The number of amides is 1. The van der Waals surface area contributed by atoms with Crippen LogP contribution in [-0.4, -0.2) is 29.5 Å². The molecule has 1 amide bonds. The number of esters is 1. The third-order valence-corrected chi connectivity index (χ3v) is 3.01. The summed E-state index contributed by atoms with van der Waals surface area (Å²) in [5, 5.41) is 3.49. The van der Waals surface area contributed by atoms with Crippen molar-refractivity contribution in [1.82, 2.24) is 10.3 Å². The van der Waals surface area contributed by atoms with E-state index in [1.54, 1.807) is 13.1 Å². The van der Waals surface area contributed by atoms with Gasteiger partial charge in [0.1, 0.15) is 0 Å². The second-order valence-electron chi connectivity index (χ2n) is 4.59. The molecule has 0 fully saturated rings. The molecule has 1 aromatic heterocycles. The lowest BCUT2D eigenvalue weighted by atomic mass is 10.2. The van der Waals surface area contributed by atoms with Crippen molar-refractivity contribution in [1.29, 1.82) is 0 Å². The van der Waals surface area contributed by atoms with Gasteiger partial charge in [0.15, 0.2) is 6.10 Å². The zero-order valence-electron chi connectivity index (χ0n) is 11.6. The van der Waals surface area contributed by atoms with Gasteiger partial charge in [-0.1, -0.05) is 25.1 Å². The molecule has 1 heterocycles. The summed E-state index contributed by atoms with van der Waals surface area (Å²) in [6.07, 6.45) is 1.64. The molecule has 5 nitrogen and oxygen atoms in total. The fourth-order valence-electron chi connectivity index (χ4n) is 1.91. The van der Waals surface area contributed by atoms with Crippen LogP contribution >= 0.6 is 0 Å². The summed E-state index contributed by atoms with van der Waals surface area (Å²) in [5.41, 5.74) is 1.30. The number of ether oxygens (including phenoxy) is 1. The lowest BCUT2D eigenvalue weighted by Gasteiger charge is -2.12. The number of benzene rings is 1. The lowest BCUT2D eigenvalue weighted by Crippen LogP contribution is -2.36. The minimum atomic E-state index is -0.803. The van der Waals surface area contributed by atoms with Gasteiger partial charge >= 0.3 is 5.97 Å². The van der Waals surface area contributed by atoms with Crippen LogP contribution < -0.4 is 5.32 Å². The smallest absolute Gasteiger partial charge is 0.341 e. The number of para-hydroxylation sites is 1. The Hall–Kier alpha value is -2.30. The molecular weight excluding hydrogens is 256 g/mol. The summed E-state index contributed by atoms with van der Waals surface area (Å²) in [4.78, 5) is 26.8. The van der Waals surface area contributed by atoms with Crippen molar-refractivity contribution in [2.75, 3.05) is 6.54 Å². The standard InChI is InChI=1S/C15H18N2O3/c1-3-8-16-14(18)10(2)20-15(19)12-9-17-13-7-5-4-6-11(12)13/h4-7,9-10,17H,3,8H2,1-2H3,(H,16,18)/t10-/m1/s1. The van der Waals surface area contributed by atoms with E-state index in [-0.39, 0.29) is 5.91 Å². The van der Waals surface area contributed by atoms with E-state index < -0.39 is 12.1 Å². The Morgan fingerprint density at radius 2 is 2.10 bits per heavy atom. The number of hydrogen-bond acceptors (Lipinski definition) is 3. The summed E-state index contributed by atoms with van der Waals surface area (Å²) in [5.74, 6) is -0.776.